The van der Waals surface area contributed by atoms with Crippen molar-refractivity contribution in [2.75, 3.05) is 6.61 Å². The van der Waals surface area contributed by atoms with E-state index in [0.717, 1.165) is 5.56 Å². The summed E-state index contributed by atoms with van der Waals surface area (Å²) >= 11 is 0. The summed E-state index contributed by atoms with van der Waals surface area (Å²) < 4.78 is 15.1. The topological polar surface area (TPSA) is 95.9 Å². The Morgan fingerprint density at radius 3 is 2.50 bits per heavy atom. The lowest BCUT2D eigenvalue weighted by molar-refractivity contribution is -0.121. The molecule has 1 aromatic carbocycles. The number of rotatable bonds is 6. The largest absolute Gasteiger partial charge is 0.469 e. The van der Waals surface area contributed by atoms with E-state index in [9.17, 15) is 9.36 Å². The molecule has 0 bridgehead atoms. The van der Waals surface area contributed by atoms with E-state index in [0.29, 0.717) is 6.42 Å². The second-order valence-corrected chi connectivity index (χ2v) is 4.91. The molecule has 0 radical (unpaired) electrons. The number of phosphoric acid groups is 1. The van der Waals surface area contributed by atoms with E-state index >= 15 is 0 Å². The average molecular weight is 273 g/mol. The van der Waals surface area contributed by atoms with Gasteiger partial charge in [0.05, 0.1) is 12.6 Å². The fourth-order valence-corrected chi connectivity index (χ4v) is 1.72. The molecule has 1 aromatic rings. The molecule has 6 nitrogen and oxygen atoms in total. The van der Waals surface area contributed by atoms with E-state index in [1.807, 2.05) is 6.07 Å². The fraction of sp³-hybridized carbons (Fsp3) is 0.364. The Hall–Kier alpha value is -1.20. The van der Waals surface area contributed by atoms with Gasteiger partial charge in [-0.3, -0.25) is 9.32 Å². The summed E-state index contributed by atoms with van der Waals surface area (Å²) in [5.41, 5.74) is 0.729. The Kier molecular flexibility index (Phi) is 5.50. The number of carbonyl (C=O) groups is 1. The highest BCUT2D eigenvalue weighted by Gasteiger charge is 2.20. The van der Waals surface area contributed by atoms with Gasteiger partial charge in [-0.2, -0.15) is 0 Å². The molecule has 3 N–H and O–H groups in total. The number of benzene rings is 1. The van der Waals surface area contributed by atoms with Crippen molar-refractivity contribution in [3.8, 4) is 0 Å². The first-order chi connectivity index (χ1) is 8.42. The minimum absolute atomic E-state index is 0.210. The molecule has 0 heterocycles. The van der Waals surface area contributed by atoms with E-state index in [1.165, 1.54) is 0 Å². The fourth-order valence-electron chi connectivity index (χ4n) is 1.37. The van der Waals surface area contributed by atoms with Crippen LogP contribution in [0.5, 0.6) is 0 Å². The van der Waals surface area contributed by atoms with Crippen LogP contribution in [0.3, 0.4) is 0 Å². The van der Waals surface area contributed by atoms with E-state index < -0.39 is 13.9 Å². The van der Waals surface area contributed by atoms with Crippen molar-refractivity contribution >= 4 is 13.7 Å². The molecule has 0 saturated carbocycles. The van der Waals surface area contributed by atoms with Crippen LogP contribution in [-0.4, -0.2) is 22.3 Å². The van der Waals surface area contributed by atoms with E-state index in [2.05, 4.69) is 9.84 Å². The molecular formula is C11H16NO5P. The van der Waals surface area contributed by atoms with Crippen LogP contribution in [0, 0.1) is 0 Å². The molecule has 0 unspecified atom stereocenters. The van der Waals surface area contributed by atoms with Gasteiger partial charge in [-0.15, -0.1) is 0 Å². The standard InChI is InChI=1S/C11H16NO5P/c1-2-11(13)12-10(8-17-18(14,15)16)9-6-4-3-5-7-9/h3-7,10H,2,8H2,1H3,(H,12,13)(H2,14,15,16)/t10-/m1/s1. The highest BCUT2D eigenvalue weighted by Crippen LogP contribution is 2.37. The van der Waals surface area contributed by atoms with E-state index in [1.54, 1.807) is 31.2 Å². The maximum Gasteiger partial charge on any atom is 0.469 e. The van der Waals surface area contributed by atoms with Gasteiger partial charge in [-0.05, 0) is 5.56 Å². The van der Waals surface area contributed by atoms with E-state index in [-0.39, 0.29) is 12.5 Å². The zero-order valence-electron chi connectivity index (χ0n) is 9.94. The molecule has 1 atom stereocenters. The first-order valence-corrected chi connectivity index (χ1v) is 7.00. The first kappa shape index (κ1) is 14.9. The predicted octanol–water partition coefficient (Wildman–Crippen LogP) is 1.36. The predicted molar refractivity (Wildman–Crippen MR) is 65.6 cm³/mol. The van der Waals surface area contributed by atoms with E-state index in [4.69, 9.17) is 9.79 Å². The molecule has 18 heavy (non-hydrogen) atoms. The second kappa shape index (κ2) is 6.66. The quantitative estimate of drug-likeness (QED) is 0.680. The van der Waals surface area contributed by atoms with Gasteiger partial charge < -0.3 is 15.1 Å². The van der Waals surface area contributed by atoms with Gasteiger partial charge >= 0.3 is 7.82 Å². The lowest BCUT2D eigenvalue weighted by atomic mass is 10.1. The van der Waals surface area contributed by atoms with Crippen molar-refractivity contribution in [2.45, 2.75) is 19.4 Å². The smallest absolute Gasteiger partial charge is 0.347 e. The summed E-state index contributed by atoms with van der Waals surface area (Å²) in [6.07, 6.45) is 0.291. The number of nitrogens with one attached hydrogen (secondary N) is 1. The monoisotopic (exact) mass is 273 g/mol. The van der Waals surface area contributed by atoms with Crippen molar-refractivity contribution in [2.24, 2.45) is 0 Å². The lowest BCUT2D eigenvalue weighted by Crippen LogP contribution is -2.30. The summed E-state index contributed by atoms with van der Waals surface area (Å²) in [4.78, 5) is 28.7. The number of phosphoric ester groups is 1. The molecule has 1 rings (SSSR count). The number of carbonyl (C=O) groups excluding carboxylic acids is 1. The molecule has 7 heteroatoms. The summed E-state index contributed by atoms with van der Waals surface area (Å²) in [6.45, 7) is 1.42. The number of amides is 1. The summed E-state index contributed by atoms with van der Waals surface area (Å²) in [5.74, 6) is -0.210. The molecule has 0 fully saturated rings. The van der Waals surface area contributed by atoms with Gasteiger partial charge in [0.25, 0.3) is 0 Å². The molecule has 0 aliphatic carbocycles. The van der Waals surface area contributed by atoms with Crippen LogP contribution in [-0.2, 0) is 13.9 Å². The number of hydrogen-bond donors (Lipinski definition) is 3. The molecule has 1 amide bonds. The van der Waals surface area contributed by atoms with Gasteiger partial charge in [-0.25, -0.2) is 4.57 Å². The van der Waals surface area contributed by atoms with Gasteiger partial charge in [0, 0.05) is 6.42 Å². The highest BCUT2D eigenvalue weighted by molar-refractivity contribution is 7.46. The number of hydrogen-bond acceptors (Lipinski definition) is 3. The molecule has 0 aromatic heterocycles. The van der Waals surface area contributed by atoms with Crippen LogP contribution in [0.15, 0.2) is 30.3 Å². The van der Waals surface area contributed by atoms with Crippen molar-refractivity contribution in [1.29, 1.82) is 0 Å². The summed E-state index contributed by atoms with van der Waals surface area (Å²) in [6, 6.07) is 8.29. The van der Waals surface area contributed by atoms with Crippen molar-refractivity contribution < 1.29 is 23.7 Å². The van der Waals surface area contributed by atoms with Crippen LogP contribution in [0.2, 0.25) is 0 Å². The van der Waals surface area contributed by atoms with Crippen LogP contribution in [0.1, 0.15) is 24.9 Å². The van der Waals surface area contributed by atoms with Crippen LogP contribution < -0.4 is 5.32 Å². The Morgan fingerprint density at radius 2 is 2.00 bits per heavy atom. The Morgan fingerprint density at radius 1 is 1.39 bits per heavy atom. The van der Waals surface area contributed by atoms with Gasteiger partial charge in [0.1, 0.15) is 0 Å². The SMILES string of the molecule is CCC(=O)N[C@H](COP(=O)(O)O)c1ccccc1. The van der Waals surface area contributed by atoms with Crippen molar-refractivity contribution in [3.05, 3.63) is 35.9 Å². The third-order valence-electron chi connectivity index (χ3n) is 2.27. The minimum Gasteiger partial charge on any atom is -0.347 e. The van der Waals surface area contributed by atoms with Crippen LogP contribution in [0.25, 0.3) is 0 Å². The third-order valence-corrected chi connectivity index (χ3v) is 2.75. The Bertz CT molecular complexity index is 430. The van der Waals surface area contributed by atoms with Crippen LogP contribution >= 0.6 is 7.82 Å². The Balaban J connectivity index is 2.76. The van der Waals surface area contributed by atoms with Gasteiger partial charge in [0.15, 0.2) is 0 Å². The summed E-state index contributed by atoms with van der Waals surface area (Å²) in [7, 11) is -4.54. The molecular weight excluding hydrogens is 257 g/mol. The minimum atomic E-state index is -4.54. The highest BCUT2D eigenvalue weighted by atomic mass is 31.2. The third kappa shape index (κ3) is 5.42. The summed E-state index contributed by atoms with van der Waals surface area (Å²) in [5, 5.41) is 2.65. The normalized spacial score (nSPS) is 13.1. The Labute approximate surface area is 105 Å². The van der Waals surface area contributed by atoms with Gasteiger partial charge in [0.2, 0.25) is 5.91 Å². The lowest BCUT2D eigenvalue weighted by Gasteiger charge is -2.19. The second-order valence-electron chi connectivity index (χ2n) is 3.67. The van der Waals surface area contributed by atoms with Gasteiger partial charge in [-0.1, -0.05) is 37.3 Å². The first-order valence-electron chi connectivity index (χ1n) is 5.46. The molecule has 0 saturated heterocycles. The maximum atomic E-state index is 11.4. The molecule has 0 spiro atoms. The maximum absolute atomic E-state index is 11.4. The zero-order valence-corrected chi connectivity index (χ0v) is 10.8. The average Bonchev–Trinajstić information content (AvgIpc) is 2.34. The molecule has 0 aliphatic rings. The molecule has 100 valence electrons. The van der Waals surface area contributed by atoms with Crippen molar-refractivity contribution in [1.82, 2.24) is 5.32 Å². The van der Waals surface area contributed by atoms with Crippen LogP contribution in [0.4, 0.5) is 0 Å². The molecule has 0 aliphatic heterocycles. The van der Waals surface area contributed by atoms with Crippen molar-refractivity contribution in [3.63, 3.8) is 0 Å². The zero-order chi connectivity index (χ0) is 13.6.